The van der Waals surface area contributed by atoms with Crippen LogP contribution in [0.25, 0.3) is 11.2 Å². The number of nitrogens with zero attached hydrogens (tertiary/aromatic N) is 4. The van der Waals surface area contributed by atoms with Crippen molar-refractivity contribution in [2.24, 2.45) is 0 Å². The fourth-order valence-corrected chi connectivity index (χ4v) is 3.52. The average Bonchev–Trinajstić information content (AvgIpc) is 2.91. The van der Waals surface area contributed by atoms with Gasteiger partial charge in [0.25, 0.3) is 0 Å². The van der Waals surface area contributed by atoms with Crippen molar-refractivity contribution in [2.45, 2.75) is 12.2 Å². The Labute approximate surface area is 122 Å². The van der Waals surface area contributed by atoms with Gasteiger partial charge in [-0.3, -0.25) is 4.57 Å². The van der Waals surface area contributed by atoms with Gasteiger partial charge >= 0.3 is 7.60 Å². The highest BCUT2D eigenvalue weighted by Gasteiger charge is 2.34. The SMILES string of the molecule is COC[C@@H](Cn1cnc2c(N)ncnc21)P(=O)(OC)OC. The van der Waals surface area contributed by atoms with Gasteiger partial charge in [0.1, 0.15) is 17.5 Å². The lowest BCUT2D eigenvalue weighted by Gasteiger charge is -2.24. The van der Waals surface area contributed by atoms with E-state index in [2.05, 4.69) is 15.0 Å². The number of methoxy groups -OCH3 is 1. The van der Waals surface area contributed by atoms with Crippen LogP contribution in [0.2, 0.25) is 0 Å². The van der Waals surface area contributed by atoms with E-state index in [1.807, 2.05) is 0 Å². The van der Waals surface area contributed by atoms with Crippen molar-refractivity contribution >= 4 is 24.6 Å². The molecule has 10 heteroatoms. The topological polar surface area (TPSA) is 114 Å². The van der Waals surface area contributed by atoms with Gasteiger partial charge in [0.15, 0.2) is 11.5 Å². The third-order valence-corrected chi connectivity index (χ3v) is 5.38. The van der Waals surface area contributed by atoms with Crippen LogP contribution in [0.3, 0.4) is 0 Å². The van der Waals surface area contributed by atoms with Crippen molar-refractivity contribution in [1.82, 2.24) is 19.5 Å². The van der Waals surface area contributed by atoms with Crippen molar-refractivity contribution in [1.29, 1.82) is 0 Å². The Balaban J connectivity index is 2.35. The lowest BCUT2D eigenvalue weighted by atomic mass is 10.4. The van der Waals surface area contributed by atoms with Crippen molar-refractivity contribution in [3.63, 3.8) is 0 Å². The largest absolute Gasteiger partial charge is 0.384 e. The van der Waals surface area contributed by atoms with E-state index >= 15 is 0 Å². The summed E-state index contributed by atoms with van der Waals surface area (Å²) >= 11 is 0. The third kappa shape index (κ3) is 3.06. The van der Waals surface area contributed by atoms with Crippen LogP contribution in [0.5, 0.6) is 0 Å². The Bertz CT molecular complexity index is 653. The van der Waals surface area contributed by atoms with Crippen LogP contribution in [0.15, 0.2) is 12.7 Å². The van der Waals surface area contributed by atoms with Gasteiger partial charge in [0.2, 0.25) is 0 Å². The van der Waals surface area contributed by atoms with Crippen LogP contribution < -0.4 is 5.73 Å². The summed E-state index contributed by atoms with van der Waals surface area (Å²) in [6.07, 6.45) is 2.92. The van der Waals surface area contributed by atoms with Gasteiger partial charge in [-0.15, -0.1) is 0 Å². The second kappa shape index (κ2) is 6.48. The third-order valence-electron chi connectivity index (χ3n) is 3.15. The van der Waals surface area contributed by atoms with E-state index in [0.29, 0.717) is 23.5 Å². The lowest BCUT2D eigenvalue weighted by Crippen LogP contribution is -2.23. The number of fused-ring (bicyclic) bond motifs is 1. The molecule has 2 aromatic rings. The molecule has 9 nitrogen and oxygen atoms in total. The number of ether oxygens (including phenoxy) is 1. The maximum atomic E-state index is 12.6. The summed E-state index contributed by atoms with van der Waals surface area (Å²) < 4.78 is 29.5. The van der Waals surface area contributed by atoms with E-state index in [1.165, 1.54) is 27.7 Å². The highest BCUT2D eigenvalue weighted by molar-refractivity contribution is 7.54. The van der Waals surface area contributed by atoms with Crippen LogP contribution >= 0.6 is 7.60 Å². The molecule has 0 bridgehead atoms. The highest BCUT2D eigenvalue weighted by Crippen LogP contribution is 2.52. The van der Waals surface area contributed by atoms with Gasteiger partial charge in [-0.25, -0.2) is 15.0 Å². The summed E-state index contributed by atoms with van der Waals surface area (Å²) in [5.41, 5.74) is 6.30. The molecule has 0 aromatic carbocycles. The fourth-order valence-electron chi connectivity index (χ4n) is 2.07. The number of rotatable bonds is 7. The molecule has 0 unspecified atom stereocenters. The summed E-state index contributed by atoms with van der Waals surface area (Å²) in [5, 5.41) is 0. The van der Waals surface area contributed by atoms with Gasteiger partial charge in [-0.05, 0) is 0 Å². The molecular weight excluding hydrogens is 297 g/mol. The fraction of sp³-hybridized carbons (Fsp3) is 0.545. The van der Waals surface area contributed by atoms with Crippen LogP contribution in [-0.2, 0) is 24.9 Å². The van der Waals surface area contributed by atoms with E-state index in [0.717, 1.165) is 0 Å². The normalized spacial score (nSPS) is 13.7. The van der Waals surface area contributed by atoms with Crippen molar-refractivity contribution in [2.75, 3.05) is 33.7 Å². The predicted octanol–water partition coefficient (Wildman–Crippen LogP) is 0.909. The molecule has 0 aliphatic rings. The number of hydrogen-bond acceptors (Lipinski definition) is 8. The molecular formula is C11H18N5O4P. The first-order valence-electron chi connectivity index (χ1n) is 6.17. The zero-order chi connectivity index (χ0) is 15.5. The maximum absolute atomic E-state index is 12.6. The Kier molecular flexibility index (Phi) is 4.89. The second-order valence-corrected chi connectivity index (χ2v) is 6.88. The highest BCUT2D eigenvalue weighted by atomic mass is 31.2. The number of hydrogen-bond donors (Lipinski definition) is 1. The zero-order valence-corrected chi connectivity index (χ0v) is 13.0. The molecule has 2 N–H and O–H groups in total. The molecule has 2 heterocycles. The smallest absolute Gasteiger partial charge is 0.337 e. The van der Waals surface area contributed by atoms with Gasteiger partial charge in [0.05, 0.1) is 12.9 Å². The van der Waals surface area contributed by atoms with Crippen LogP contribution in [-0.4, -0.2) is 53.1 Å². The van der Waals surface area contributed by atoms with E-state index in [4.69, 9.17) is 19.5 Å². The Morgan fingerprint density at radius 1 is 1.29 bits per heavy atom. The summed E-state index contributed by atoms with van der Waals surface area (Å²) in [7, 11) is 0.928. The molecule has 0 aliphatic carbocycles. The molecule has 0 saturated heterocycles. The van der Waals surface area contributed by atoms with Crippen molar-refractivity contribution in [3.8, 4) is 0 Å². The van der Waals surface area contributed by atoms with Crippen LogP contribution in [0, 0.1) is 0 Å². The number of imidazole rings is 1. The molecule has 1 atom stereocenters. The Morgan fingerprint density at radius 2 is 2.00 bits per heavy atom. The molecule has 0 saturated carbocycles. The molecule has 0 radical (unpaired) electrons. The van der Waals surface area contributed by atoms with Crippen LogP contribution in [0.4, 0.5) is 5.82 Å². The second-order valence-electron chi connectivity index (χ2n) is 4.34. The minimum Gasteiger partial charge on any atom is -0.384 e. The first kappa shape index (κ1) is 15.8. The molecule has 2 aromatic heterocycles. The quantitative estimate of drug-likeness (QED) is 0.750. The maximum Gasteiger partial charge on any atom is 0.337 e. The number of anilines is 1. The molecule has 116 valence electrons. The van der Waals surface area contributed by atoms with Gasteiger partial charge in [-0.2, -0.15) is 0 Å². The minimum atomic E-state index is -3.29. The van der Waals surface area contributed by atoms with Gasteiger partial charge in [-0.1, -0.05) is 0 Å². The van der Waals surface area contributed by atoms with Gasteiger partial charge < -0.3 is 24.1 Å². The minimum absolute atomic E-state index is 0.208. The molecule has 0 amide bonds. The molecule has 0 spiro atoms. The molecule has 21 heavy (non-hydrogen) atoms. The van der Waals surface area contributed by atoms with E-state index in [-0.39, 0.29) is 6.61 Å². The molecule has 0 fully saturated rings. The van der Waals surface area contributed by atoms with Crippen molar-refractivity contribution in [3.05, 3.63) is 12.7 Å². The number of nitrogen functional groups attached to an aromatic ring is 1. The zero-order valence-electron chi connectivity index (χ0n) is 12.1. The molecule has 2 rings (SSSR count). The monoisotopic (exact) mass is 315 g/mol. The van der Waals surface area contributed by atoms with Crippen LogP contribution in [0.1, 0.15) is 0 Å². The number of aromatic nitrogens is 4. The van der Waals surface area contributed by atoms with Crippen molar-refractivity contribution < 1.29 is 18.3 Å². The summed E-state index contributed by atoms with van der Waals surface area (Å²) in [5.74, 6) is 0.295. The van der Waals surface area contributed by atoms with E-state index in [1.54, 1.807) is 10.9 Å². The summed E-state index contributed by atoms with van der Waals surface area (Å²) in [6.45, 7) is 0.513. The van der Waals surface area contributed by atoms with E-state index in [9.17, 15) is 4.57 Å². The first-order valence-corrected chi connectivity index (χ1v) is 7.78. The van der Waals surface area contributed by atoms with E-state index < -0.39 is 13.3 Å². The predicted molar refractivity (Wildman–Crippen MR) is 77.0 cm³/mol. The van der Waals surface area contributed by atoms with Gasteiger partial charge in [0, 0.05) is 27.9 Å². The number of nitrogens with two attached hydrogens (primary N) is 1. The molecule has 0 aliphatic heterocycles. The Morgan fingerprint density at radius 3 is 2.62 bits per heavy atom. The lowest BCUT2D eigenvalue weighted by molar-refractivity contribution is 0.172. The summed E-state index contributed by atoms with van der Waals surface area (Å²) in [4.78, 5) is 12.2. The standard InChI is InChI=1S/C11H18N5O4P/c1-18-5-8(21(17,19-2)20-3)4-16-7-15-9-10(12)13-6-14-11(9)16/h6-8H,4-5H2,1-3H3,(H2,12,13,14)/t8-/m1/s1. The average molecular weight is 315 g/mol. The first-order chi connectivity index (χ1) is 10.1. The summed E-state index contributed by atoms with van der Waals surface area (Å²) in [6, 6.07) is 0. The Hall–Kier alpha value is -1.54.